The third kappa shape index (κ3) is 4.81. The molecule has 1 fully saturated rings. The number of benzene rings is 1. The minimum absolute atomic E-state index is 0. The van der Waals surface area contributed by atoms with Crippen LogP contribution >= 0.6 is 12.4 Å². The molecule has 6 nitrogen and oxygen atoms in total. The number of carbonyl (C=O) groups excluding carboxylic acids is 1. The number of hydrogen-bond acceptors (Lipinski definition) is 4. The van der Waals surface area contributed by atoms with Crippen molar-refractivity contribution in [1.82, 2.24) is 20.0 Å². The average Bonchev–Trinajstić information content (AvgIpc) is 2.95. The fraction of sp³-hybridized carbons (Fsp3) is 0.444. The van der Waals surface area contributed by atoms with Crippen LogP contribution in [0, 0.1) is 12.7 Å². The lowest BCUT2D eigenvalue weighted by Gasteiger charge is -2.31. The molecule has 26 heavy (non-hydrogen) atoms. The molecule has 1 aliphatic heterocycles. The van der Waals surface area contributed by atoms with Crippen LogP contribution in [0.3, 0.4) is 0 Å². The molecule has 1 aliphatic rings. The molecule has 0 radical (unpaired) electrons. The summed E-state index contributed by atoms with van der Waals surface area (Å²) in [6.07, 6.45) is 2.21. The molecule has 1 amide bonds. The van der Waals surface area contributed by atoms with E-state index in [4.69, 9.17) is 0 Å². The van der Waals surface area contributed by atoms with Crippen molar-refractivity contribution in [3.05, 3.63) is 41.8 Å². The maximum absolute atomic E-state index is 14.1. The monoisotopic (exact) mass is 381 g/mol. The summed E-state index contributed by atoms with van der Waals surface area (Å²) in [6.45, 7) is 3.90. The number of hydrogen-bond donors (Lipinski definition) is 2. The van der Waals surface area contributed by atoms with E-state index in [9.17, 15) is 9.18 Å². The lowest BCUT2D eigenvalue weighted by molar-refractivity contribution is -0.117. The number of nitrogens with one attached hydrogen (secondary N) is 2. The van der Waals surface area contributed by atoms with Crippen LogP contribution in [0.25, 0.3) is 5.69 Å². The quantitative estimate of drug-likeness (QED) is 0.834. The number of piperidine rings is 1. The highest BCUT2D eigenvalue weighted by atomic mass is 35.5. The Bertz CT molecular complexity index is 751. The van der Waals surface area contributed by atoms with E-state index < -0.39 is 0 Å². The molecule has 2 N–H and O–H groups in total. The van der Waals surface area contributed by atoms with Crippen LogP contribution in [0.1, 0.15) is 18.5 Å². The van der Waals surface area contributed by atoms with E-state index >= 15 is 0 Å². The molecule has 2 heterocycles. The van der Waals surface area contributed by atoms with Crippen LogP contribution in [0.4, 0.5) is 10.2 Å². The van der Waals surface area contributed by atoms with Gasteiger partial charge < -0.3 is 10.6 Å². The van der Waals surface area contributed by atoms with Gasteiger partial charge in [0, 0.05) is 18.7 Å². The molecule has 3 rings (SSSR count). The molecular formula is C18H25ClFN5O. The molecule has 0 bridgehead atoms. The van der Waals surface area contributed by atoms with Gasteiger partial charge in [0.15, 0.2) is 0 Å². The number of halogens is 2. The topological polar surface area (TPSA) is 62.2 Å². The Morgan fingerprint density at radius 1 is 1.38 bits per heavy atom. The number of likely N-dealkylation sites (N-methyl/N-ethyl adjacent to an activating group) is 1. The number of carbonyl (C=O) groups is 1. The molecule has 1 aromatic carbocycles. The number of amides is 1. The zero-order valence-corrected chi connectivity index (χ0v) is 15.9. The Kier molecular flexibility index (Phi) is 7.14. The van der Waals surface area contributed by atoms with Crippen molar-refractivity contribution in [2.24, 2.45) is 0 Å². The molecule has 142 valence electrons. The Morgan fingerprint density at radius 2 is 2.15 bits per heavy atom. The van der Waals surface area contributed by atoms with E-state index in [1.807, 2.05) is 14.0 Å². The Labute approximate surface area is 159 Å². The fourth-order valence-corrected chi connectivity index (χ4v) is 3.22. The van der Waals surface area contributed by atoms with Gasteiger partial charge in [0.25, 0.3) is 0 Å². The number of rotatable bonds is 5. The summed E-state index contributed by atoms with van der Waals surface area (Å²) in [5.74, 6) is -0.0157. The zero-order valence-electron chi connectivity index (χ0n) is 15.0. The van der Waals surface area contributed by atoms with Gasteiger partial charge in [-0.05, 0) is 45.5 Å². The van der Waals surface area contributed by atoms with Crippen LogP contribution in [0.2, 0.25) is 0 Å². The normalized spacial score (nSPS) is 17.6. The molecule has 1 aromatic heterocycles. The number of likely N-dealkylation sites (tertiary alicyclic amines) is 1. The summed E-state index contributed by atoms with van der Waals surface area (Å²) >= 11 is 0. The van der Waals surface area contributed by atoms with Crippen LogP contribution in [0.5, 0.6) is 0 Å². The van der Waals surface area contributed by atoms with E-state index in [0.29, 0.717) is 29.8 Å². The van der Waals surface area contributed by atoms with E-state index in [1.54, 1.807) is 24.3 Å². The highest BCUT2D eigenvalue weighted by Crippen LogP contribution is 2.19. The standard InChI is InChI=1S/C18H24FN5O.ClH/c1-13-10-17(24(22-13)16-8-4-3-7-15(16)19)21-18(25)12-23-9-5-6-14(11-23)20-2;/h3-4,7-8,10,14,20H,5-6,9,11-12H2,1-2H3,(H,21,25);1H. The van der Waals surface area contributed by atoms with Crippen LogP contribution in [-0.4, -0.2) is 53.3 Å². The molecule has 0 spiro atoms. The van der Waals surface area contributed by atoms with E-state index in [1.165, 1.54) is 10.7 Å². The summed E-state index contributed by atoms with van der Waals surface area (Å²) in [6, 6.07) is 8.56. The molecule has 2 aromatic rings. The SMILES string of the molecule is CNC1CCCN(CC(=O)Nc2cc(C)nn2-c2ccccc2F)C1.Cl. The maximum Gasteiger partial charge on any atom is 0.239 e. The summed E-state index contributed by atoms with van der Waals surface area (Å²) < 4.78 is 15.5. The largest absolute Gasteiger partial charge is 0.316 e. The number of nitrogens with zero attached hydrogens (tertiary/aromatic N) is 3. The van der Waals surface area contributed by atoms with Gasteiger partial charge in [0.2, 0.25) is 5.91 Å². The van der Waals surface area contributed by atoms with E-state index in [-0.39, 0.29) is 24.1 Å². The highest BCUT2D eigenvalue weighted by molar-refractivity contribution is 5.91. The highest BCUT2D eigenvalue weighted by Gasteiger charge is 2.21. The molecular weight excluding hydrogens is 357 g/mol. The zero-order chi connectivity index (χ0) is 17.8. The predicted molar refractivity (Wildman–Crippen MR) is 103 cm³/mol. The fourth-order valence-electron chi connectivity index (χ4n) is 3.22. The smallest absolute Gasteiger partial charge is 0.239 e. The van der Waals surface area contributed by atoms with Gasteiger partial charge >= 0.3 is 0 Å². The summed E-state index contributed by atoms with van der Waals surface area (Å²) in [5, 5.41) is 10.4. The van der Waals surface area contributed by atoms with Crippen LogP contribution in [-0.2, 0) is 4.79 Å². The lowest BCUT2D eigenvalue weighted by Crippen LogP contribution is -2.47. The Balaban J connectivity index is 0.00000243. The first-order chi connectivity index (χ1) is 12.1. The van der Waals surface area contributed by atoms with Gasteiger partial charge in [0.05, 0.1) is 12.2 Å². The Hall–Kier alpha value is -1.96. The van der Waals surface area contributed by atoms with E-state index in [0.717, 1.165) is 25.9 Å². The van der Waals surface area contributed by atoms with Crippen LogP contribution < -0.4 is 10.6 Å². The van der Waals surface area contributed by atoms with Crippen molar-refractivity contribution in [3.8, 4) is 5.69 Å². The second kappa shape index (κ2) is 9.12. The molecule has 0 aliphatic carbocycles. The first-order valence-electron chi connectivity index (χ1n) is 8.58. The van der Waals surface area contributed by atoms with Crippen molar-refractivity contribution in [2.45, 2.75) is 25.8 Å². The summed E-state index contributed by atoms with van der Waals surface area (Å²) in [5.41, 5.74) is 1.03. The predicted octanol–water partition coefficient (Wildman–Crippen LogP) is 2.36. The van der Waals surface area contributed by atoms with Gasteiger partial charge in [-0.25, -0.2) is 9.07 Å². The lowest BCUT2D eigenvalue weighted by atomic mass is 10.1. The van der Waals surface area contributed by atoms with Crippen molar-refractivity contribution in [3.63, 3.8) is 0 Å². The molecule has 1 unspecified atom stereocenters. The van der Waals surface area contributed by atoms with Crippen molar-refractivity contribution >= 4 is 24.1 Å². The minimum Gasteiger partial charge on any atom is -0.316 e. The van der Waals surface area contributed by atoms with E-state index in [2.05, 4.69) is 20.6 Å². The third-order valence-electron chi connectivity index (χ3n) is 4.46. The minimum atomic E-state index is -0.381. The van der Waals surface area contributed by atoms with Gasteiger partial charge in [-0.2, -0.15) is 5.10 Å². The molecule has 8 heteroatoms. The summed E-state index contributed by atoms with van der Waals surface area (Å²) in [4.78, 5) is 14.6. The number of para-hydroxylation sites is 1. The third-order valence-corrected chi connectivity index (χ3v) is 4.46. The second-order valence-electron chi connectivity index (χ2n) is 6.45. The Morgan fingerprint density at radius 3 is 2.88 bits per heavy atom. The number of aryl methyl sites for hydroxylation is 1. The van der Waals surface area contributed by atoms with Gasteiger partial charge in [-0.3, -0.25) is 9.69 Å². The number of aromatic nitrogens is 2. The van der Waals surface area contributed by atoms with Crippen molar-refractivity contribution in [2.75, 3.05) is 32.0 Å². The number of anilines is 1. The first-order valence-corrected chi connectivity index (χ1v) is 8.58. The van der Waals surface area contributed by atoms with Crippen molar-refractivity contribution < 1.29 is 9.18 Å². The molecule has 1 saturated heterocycles. The second-order valence-corrected chi connectivity index (χ2v) is 6.45. The van der Waals surface area contributed by atoms with Gasteiger partial charge in [0.1, 0.15) is 17.3 Å². The molecule has 1 atom stereocenters. The van der Waals surface area contributed by atoms with Gasteiger partial charge in [-0.15, -0.1) is 12.4 Å². The van der Waals surface area contributed by atoms with Gasteiger partial charge in [-0.1, -0.05) is 12.1 Å². The van der Waals surface area contributed by atoms with Crippen LogP contribution in [0.15, 0.2) is 30.3 Å². The van der Waals surface area contributed by atoms with Crippen molar-refractivity contribution in [1.29, 1.82) is 0 Å². The molecule has 0 saturated carbocycles. The average molecular weight is 382 g/mol. The maximum atomic E-state index is 14.1. The summed E-state index contributed by atoms with van der Waals surface area (Å²) in [7, 11) is 1.95. The first kappa shape index (κ1) is 20.4.